The molecule has 1 aromatic rings. The maximum Gasteiger partial charge on any atom is 0.417 e. The van der Waals surface area contributed by atoms with Gasteiger partial charge in [0, 0.05) is 12.5 Å². The number of fused-ring (bicyclic) bond motifs is 5. The Morgan fingerprint density at radius 2 is 1.92 bits per heavy atom. The summed E-state index contributed by atoms with van der Waals surface area (Å²) in [6.07, 6.45) is -1.62. The van der Waals surface area contributed by atoms with Gasteiger partial charge in [0.15, 0.2) is 0 Å². The van der Waals surface area contributed by atoms with Gasteiger partial charge in [-0.25, -0.2) is 0 Å². The molecular weight excluding hydrogens is 341 g/mol. The number of anilines is 1. The minimum atomic E-state index is -4.65. The van der Waals surface area contributed by atoms with E-state index < -0.39 is 28.1 Å². The van der Waals surface area contributed by atoms with Crippen molar-refractivity contribution >= 4 is 16.5 Å². The quantitative estimate of drug-likeness (QED) is 0.777. The molecule has 4 rings (SSSR count). The number of hydrogen-bond acceptors (Lipinski definition) is 4. The van der Waals surface area contributed by atoms with Gasteiger partial charge in [-0.15, -0.1) is 10.8 Å². The number of halogens is 3. The van der Waals surface area contributed by atoms with Gasteiger partial charge in [0.1, 0.15) is 0 Å². The van der Waals surface area contributed by atoms with Gasteiger partial charge in [-0.1, -0.05) is 0 Å². The third kappa shape index (κ3) is 2.15. The minimum Gasteiger partial charge on any atom is -0.281 e. The van der Waals surface area contributed by atoms with Crippen LogP contribution in [0.5, 0.6) is 0 Å². The maximum absolute atomic E-state index is 13.2. The van der Waals surface area contributed by atoms with Crippen molar-refractivity contribution < 1.29 is 22.3 Å². The fourth-order valence-corrected chi connectivity index (χ4v) is 7.48. The first-order chi connectivity index (χ1) is 11.2. The summed E-state index contributed by atoms with van der Waals surface area (Å²) in [5, 5.41) is 8.66. The zero-order chi connectivity index (χ0) is 17.3. The van der Waals surface area contributed by atoms with E-state index in [4.69, 9.17) is 5.26 Å². The molecule has 3 aliphatic rings. The van der Waals surface area contributed by atoms with E-state index >= 15 is 0 Å². The molecule has 3 fully saturated rings. The second-order valence-electron chi connectivity index (χ2n) is 6.92. The predicted octanol–water partition coefficient (Wildman–Crippen LogP) is 4.48. The first kappa shape index (κ1) is 16.1. The van der Waals surface area contributed by atoms with Crippen molar-refractivity contribution in [3.63, 3.8) is 0 Å². The van der Waals surface area contributed by atoms with Gasteiger partial charge in [0.25, 0.3) is 0 Å². The summed E-state index contributed by atoms with van der Waals surface area (Å²) >= 11 is 0. The molecule has 4 atom stereocenters. The minimum absolute atomic E-state index is 0.134. The van der Waals surface area contributed by atoms with E-state index in [1.54, 1.807) is 6.07 Å². The van der Waals surface area contributed by atoms with Crippen LogP contribution < -0.4 is 4.31 Å². The van der Waals surface area contributed by atoms with Gasteiger partial charge in [-0.3, -0.25) is 13.4 Å². The molecule has 2 aliphatic carbocycles. The smallest absolute Gasteiger partial charge is 0.281 e. The van der Waals surface area contributed by atoms with E-state index in [1.165, 1.54) is 10.4 Å². The molecule has 130 valence electrons. The standard InChI is InChI=1S/C16H17F3N2O2S/c17-16(18,19)14-6-12(4-3-11(14)7-20)21-8-13-9-1-2-10(5-9)15(13)24(21,22)23/h3-4,6,9-10,13,15,22-23H,1-2,5,8H2/t9-,10+,13-,15+/m1/s1. The van der Waals surface area contributed by atoms with Crippen molar-refractivity contribution in [1.29, 1.82) is 5.26 Å². The number of benzene rings is 1. The normalized spacial score (nSPS) is 34.9. The highest BCUT2D eigenvalue weighted by Crippen LogP contribution is 2.69. The Balaban J connectivity index is 1.74. The van der Waals surface area contributed by atoms with Crippen LogP contribution in [0.15, 0.2) is 18.2 Å². The van der Waals surface area contributed by atoms with Crippen molar-refractivity contribution in [2.75, 3.05) is 10.8 Å². The highest BCUT2D eigenvalue weighted by Gasteiger charge is 2.59. The molecule has 8 heteroatoms. The van der Waals surface area contributed by atoms with Crippen LogP contribution in [0.2, 0.25) is 0 Å². The SMILES string of the molecule is N#Cc1ccc(N2C[C@@H]3[C@@H]4CC[C@@H](C4)[C@@H]3S2(O)O)cc1C(F)(F)F. The summed E-state index contributed by atoms with van der Waals surface area (Å²) in [6, 6.07) is 4.91. The predicted molar refractivity (Wildman–Crippen MR) is 84.5 cm³/mol. The van der Waals surface area contributed by atoms with Crippen LogP contribution in [-0.4, -0.2) is 20.9 Å². The molecule has 2 saturated carbocycles. The van der Waals surface area contributed by atoms with Gasteiger partial charge in [-0.05, 0) is 49.3 Å². The van der Waals surface area contributed by atoms with Crippen LogP contribution in [0.3, 0.4) is 0 Å². The first-order valence-electron chi connectivity index (χ1n) is 7.89. The van der Waals surface area contributed by atoms with Crippen LogP contribution in [0.25, 0.3) is 0 Å². The van der Waals surface area contributed by atoms with Crippen LogP contribution in [-0.2, 0) is 6.18 Å². The second kappa shape index (κ2) is 5.04. The molecule has 1 saturated heterocycles. The molecule has 0 radical (unpaired) electrons. The van der Waals surface area contributed by atoms with Crippen LogP contribution >= 0.6 is 10.8 Å². The summed E-state index contributed by atoms with van der Waals surface area (Å²) in [6.45, 7) is 0.372. The zero-order valence-electron chi connectivity index (χ0n) is 12.7. The molecule has 0 aromatic heterocycles. The average molecular weight is 358 g/mol. The number of alkyl halides is 3. The Kier molecular flexibility index (Phi) is 3.37. The molecule has 1 heterocycles. The summed E-state index contributed by atoms with van der Waals surface area (Å²) in [5.41, 5.74) is -1.35. The van der Waals surface area contributed by atoms with Gasteiger partial charge < -0.3 is 0 Å². The summed E-state index contributed by atoms with van der Waals surface area (Å²) in [4.78, 5) is 0. The Hall–Kier alpha value is -1.43. The molecule has 1 aliphatic heterocycles. The largest absolute Gasteiger partial charge is 0.417 e. The first-order valence-corrected chi connectivity index (χ1v) is 9.46. The van der Waals surface area contributed by atoms with E-state index in [2.05, 4.69) is 0 Å². The lowest BCUT2D eigenvalue weighted by Crippen LogP contribution is -2.29. The summed E-state index contributed by atoms with van der Waals surface area (Å²) < 4.78 is 62.3. The van der Waals surface area contributed by atoms with E-state index in [1.807, 2.05) is 0 Å². The van der Waals surface area contributed by atoms with Crippen molar-refractivity contribution in [3.05, 3.63) is 29.3 Å². The number of hydrogen-bond donors (Lipinski definition) is 2. The third-order valence-corrected chi connectivity index (χ3v) is 8.26. The molecule has 4 nitrogen and oxygen atoms in total. The second-order valence-corrected chi connectivity index (χ2v) is 9.03. The number of nitrogens with zero attached hydrogens (tertiary/aromatic N) is 2. The highest BCUT2D eigenvalue weighted by atomic mass is 32.3. The van der Waals surface area contributed by atoms with Crippen molar-refractivity contribution in [1.82, 2.24) is 0 Å². The molecule has 2 N–H and O–H groups in total. The molecule has 0 amide bonds. The lowest BCUT2D eigenvalue weighted by molar-refractivity contribution is -0.137. The van der Waals surface area contributed by atoms with Crippen LogP contribution in [0.4, 0.5) is 18.9 Å². The van der Waals surface area contributed by atoms with Crippen molar-refractivity contribution in [3.8, 4) is 6.07 Å². The highest BCUT2D eigenvalue weighted by molar-refractivity contribution is 8.26. The van der Waals surface area contributed by atoms with Crippen LogP contribution in [0.1, 0.15) is 30.4 Å². The van der Waals surface area contributed by atoms with E-state index in [9.17, 15) is 22.3 Å². The van der Waals surface area contributed by atoms with Crippen molar-refractivity contribution in [2.24, 2.45) is 17.8 Å². The Bertz CT molecular complexity index is 731. The molecule has 1 aromatic carbocycles. The van der Waals surface area contributed by atoms with Crippen LogP contribution in [0, 0.1) is 29.1 Å². The molecule has 0 spiro atoms. The molecule has 0 unspecified atom stereocenters. The number of nitriles is 1. The molecule has 2 bridgehead atoms. The summed E-state index contributed by atoms with van der Waals surface area (Å²) in [5.74, 6) is 0.839. The fraction of sp³-hybridized carbons (Fsp3) is 0.562. The van der Waals surface area contributed by atoms with E-state index in [-0.39, 0.29) is 22.8 Å². The zero-order valence-corrected chi connectivity index (χ0v) is 13.5. The fourth-order valence-electron chi connectivity index (χ4n) is 4.83. The van der Waals surface area contributed by atoms with Gasteiger partial charge >= 0.3 is 6.18 Å². The molecular formula is C16H17F3N2O2S. The Labute approximate surface area is 139 Å². The number of rotatable bonds is 1. The average Bonchev–Trinajstić information content (AvgIpc) is 3.18. The third-order valence-electron chi connectivity index (χ3n) is 5.79. The lowest BCUT2D eigenvalue weighted by Gasteiger charge is -2.44. The monoisotopic (exact) mass is 358 g/mol. The van der Waals surface area contributed by atoms with Gasteiger partial charge in [0.05, 0.1) is 28.1 Å². The lowest BCUT2D eigenvalue weighted by atomic mass is 9.88. The van der Waals surface area contributed by atoms with Gasteiger partial charge in [0.2, 0.25) is 0 Å². The van der Waals surface area contributed by atoms with E-state index in [0.717, 1.165) is 31.4 Å². The topological polar surface area (TPSA) is 67.5 Å². The summed E-state index contributed by atoms with van der Waals surface area (Å²) in [7, 11) is -3.15. The van der Waals surface area contributed by atoms with E-state index in [0.29, 0.717) is 12.5 Å². The van der Waals surface area contributed by atoms with Crippen molar-refractivity contribution in [2.45, 2.75) is 30.7 Å². The maximum atomic E-state index is 13.2. The van der Waals surface area contributed by atoms with Gasteiger partial charge in [-0.2, -0.15) is 18.4 Å². The Morgan fingerprint density at radius 3 is 2.54 bits per heavy atom. The Morgan fingerprint density at radius 1 is 1.21 bits per heavy atom. The molecule has 24 heavy (non-hydrogen) atoms.